The van der Waals surface area contributed by atoms with Crippen molar-refractivity contribution in [3.05, 3.63) is 0 Å². The van der Waals surface area contributed by atoms with Crippen molar-refractivity contribution in [1.29, 1.82) is 0 Å². The third-order valence-electron chi connectivity index (χ3n) is 3.94. The minimum absolute atomic E-state index is 0.104. The van der Waals surface area contributed by atoms with Gasteiger partial charge in [-0.15, -0.1) is 0 Å². The monoisotopic (exact) mass is 227 g/mol. The van der Waals surface area contributed by atoms with Crippen LogP contribution in [0.2, 0.25) is 0 Å². The Morgan fingerprint density at radius 2 is 2.19 bits per heavy atom. The van der Waals surface area contributed by atoms with Crippen molar-refractivity contribution in [1.82, 2.24) is 5.32 Å². The van der Waals surface area contributed by atoms with E-state index in [9.17, 15) is 4.79 Å². The predicted octanol–water partition coefficient (Wildman–Crippen LogP) is 2.35. The normalized spacial score (nSPS) is 29.3. The van der Waals surface area contributed by atoms with Gasteiger partial charge in [0.15, 0.2) is 0 Å². The largest absolute Gasteiger partial charge is 0.469 e. The van der Waals surface area contributed by atoms with E-state index in [0.717, 1.165) is 24.8 Å². The highest BCUT2D eigenvalue weighted by atomic mass is 16.5. The summed E-state index contributed by atoms with van der Waals surface area (Å²) in [6, 6.07) is 0.655. The zero-order valence-corrected chi connectivity index (χ0v) is 10.8. The number of carbonyl (C=O) groups is 1. The number of methoxy groups -OCH3 is 1. The quantitative estimate of drug-likeness (QED) is 0.559. The molecule has 1 aliphatic rings. The fourth-order valence-electron chi connectivity index (χ4n) is 2.73. The standard InChI is InChI=1S/C13H25NO2/c1-4-11-7-8-12(10(11)2)14-9-5-6-13(15)16-3/h10-12,14H,4-9H2,1-3H3. The summed E-state index contributed by atoms with van der Waals surface area (Å²) in [5.41, 5.74) is 0. The highest BCUT2D eigenvalue weighted by Crippen LogP contribution is 2.33. The number of hydrogen-bond acceptors (Lipinski definition) is 3. The summed E-state index contributed by atoms with van der Waals surface area (Å²) in [5.74, 6) is 1.56. The predicted molar refractivity (Wildman–Crippen MR) is 65.2 cm³/mol. The van der Waals surface area contributed by atoms with Gasteiger partial charge in [-0.25, -0.2) is 0 Å². The van der Waals surface area contributed by atoms with Gasteiger partial charge in [0.1, 0.15) is 0 Å². The van der Waals surface area contributed by atoms with Gasteiger partial charge in [0.25, 0.3) is 0 Å². The Morgan fingerprint density at radius 1 is 1.44 bits per heavy atom. The minimum atomic E-state index is -0.104. The van der Waals surface area contributed by atoms with Crippen molar-refractivity contribution < 1.29 is 9.53 Å². The summed E-state index contributed by atoms with van der Waals surface area (Å²) >= 11 is 0. The molecule has 1 rings (SSSR count). The molecule has 0 aromatic heterocycles. The Hall–Kier alpha value is -0.570. The van der Waals surface area contributed by atoms with Crippen LogP contribution in [0.15, 0.2) is 0 Å². The summed E-state index contributed by atoms with van der Waals surface area (Å²) in [6.45, 7) is 5.56. The van der Waals surface area contributed by atoms with Gasteiger partial charge in [0, 0.05) is 12.5 Å². The summed E-state index contributed by atoms with van der Waals surface area (Å²) in [7, 11) is 1.45. The summed E-state index contributed by atoms with van der Waals surface area (Å²) in [4.78, 5) is 10.9. The van der Waals surface area contributed by atoms with Crippen molar-refractivity contribution in [2.45, 2.75) is 52.0 Å². The maximum atomic E-state index is 10.9. The van der Waals surface area contributed by atoms with Crippen LogP contribution in [0.25, 0.3) is 0 Å². The first-order chi connectivity index (χ1) is 7.69. The van der Waals surface area contributed by atoms with E-state index in [1.54, 1.807) is 0 Å². The third kappa shape index (κ3) is 3.78. The van der Waals surface area contributed by atoms with E-state index in [0.29, 0.717) is 12.5 Å². The smallest absolute Gasteiger partial charge is 0.305 e. The van der Waals surface area contributed by atoms with Gasteiger partial charge < -0.3 is 10.1 Å². The molecular formula is C13H25NO2. The fraction of sp³-hybridized carbons (Fsp3) is 0.923. The minimum Gasteiger partial charge on any atom is -0.469 e. The first-order valence-corrected chi connectivity index (χ1v) is 6.49. The lowest BCUT2D eigenvalue weighted by Crippen LogP contribution is -2.33. The zero-order chi connectivity index (χ0) is 12.0. The first-order valence-electron chi connectivity index (χ1n) is 6.49. The molecule has 0 saturated heterocycles. The Bertz CT molecular complexity index is 218. The van der Waals surface area contributed by atoms with Crippen LogP contribution in [-0.2, 0) is 9.53 Å². The van der Waals surface area contributed by atoms with Gasteiger partial charge in [-0.1, -0.05) is 20.3 Å². The SMILES string of the molecule is CCC1CCC(NCCCC(=O)OC)C1C. The molecule has 1 N–H and O–H groups in total. The summed E-state index contributed by atoms with van der Waals surface area (Å²) in [6.07, 6.45) is 5.35. The highest BCUT2D eigenvalue weighted by molar-refractivity contribution is 5.69. The number of hydrogen-bond donors (Lipinski definition) is 1. The Morgan fingerprint density at radius 3 is 2.75 bits per heavy atom. The van der Waals surface area contributed by atoms with Crippen LogP contribution in [-0.4, -0.2) is 25.7 Å². The second-order valence-electron chi connectivity index (χ2n) is 4.85. The lowest BCUT2D eigenvalue weighted by Gasteiger charge is -2.20. The van der Waals surface area contributed by atoms with Crippen molar-refractivity contribution in [2.24, 2.45) is 11.8 Å². The average Bonchev–Trinajstić information content (AvgIpc) is 2.65. The third-order valence-corrected chi connectivity index (χ3v) is 3.94. The van der Waals surface area contributed by atoms with E-state index in [2.05, 4.69) is 23.9 Å². The van der Waals surface area contributed by atoms with E-state index in [4.69, 9.17) is 0 Å². The van der Waals surface area contributed by atoms with Crippen LogP contribution in [0.5, 0.6) is 0 Å². The average molecular weight is 227 g/mol. The Labute approximate surface area is 98.9 Å². The van der Waals surface area contributed by atoms with Gasteiger partial charge in [-0.05, 0) is 37.6 Å². The molecule has 0 radical (unpaired) electrons. The zero-order valence-electron chi connectivity index (χ0n) is 10.8. The van der Waals surface area contributed by atoms with Crippen LogP contribution in [0, 0.1) is 11.8 Å². The molecule has 16 heavy (non-hydrogen) atoms. The van der Waals surface area contributed by atoms with Gasteiger partial charge in [0.2, 0.25) is 0 Å². The number of ether oxygens (including phenoxy) is 1. The van der Waals surface area contributed by atoms with Crippen molar-refractivity contribution in [3.8, 4) is 0 Å². The molecule has 1 aliphatic carbocycles. The van der Waals surface area contributed by atoms with Crippen LogP contribution < -0.4 is 5.32 Å². The van der Waals surface area contributed by atoms with Gasteiger partial charge in [-0.2, -0.15) is 0 Å². The molecule has 0 aromatic rings. The highest BCUT2D eigenvalue weighted by Gasteiger charge is 2.30. The molecule has 3 nitrogen and oxygen atoms in total. The van der Waals surface area contributed by atoms with Crippen LogP contribution in [0.3, 0.4) is 0 Å². The first kappa shape index (κ1) is 13.5. The van der Waals surface area contributed by atoms with Crippen LogP contribution >= 0.6 is 0 Å². The van der Waals surface area contributed by atoms with Gasteiger partial charge >= 0.3 is 5.97 Å². The second kappa shape index (κ2) is 6.89. The van der Waals surface area contributed by atoms with Crippen LogP contribution in [0.1, 0.15) is 46.0 Å². The van der Waals surface area contributed by atoms with Crippen LogP contribution in [0.4, 0.5) is 0 Å². The second-order valence-corrected chi connectivity index (χ2v) is 4.85. The van der Waals surface area contributed by atoms with E-state index in [1.165, 1.54) is 26.4 Å². The number of nitrogens with one attached hydrogen (secondary N) is 1. The topological polar surface area (TPSA) is 38.3 Å². The molecule has 1 fully saturated rings. The van der Waals surface area contributed by atoms with Gasteiger partial charge in [-0.3, -0.25) is 4.79 Å². The molecule has 0 aliphatic heterocycles. The Kier molecular flexibility index (Phi) is 5.81. The lowest BCUT2D eigenvalue weighted by molar-refractivity contribution is -0.140. The van der Waals surface area contributed by atoms with E-state index in [1.807, 2.05) is 0 Å². The summed E-state index contributed by atoms with van der Waals surface area (Å²) in [5, 5.41) is 3.57. The fourth-order valence-corrected chi connectivity index (χ4v) is 2.73. The molecule has 0 aromatic carbocycles. The van der Waals surface area contributed by atoms with Gasteiger partial charge in [0.05, 0.1) is 7.11 Å². The lowest BCUT2D eigenvalue weighted by atomic mass is 9.93. The van der Waals surface area contributed by atoms with E-state index < -0.39 is 0 Å². The van der Waals surface area contributed by atoms with Crippen molar-refractivity contribution >= 4 is 5.97 Å². The van der Waals surface area contributed by atoms with E-state index >= 15 is 0 Å². The molecule has 0 spiro atoms. The molecular weight excluding hydrogens is 202 g/mol. The molecule has 3 atom stereocenters. The van der Waals surface area contributed by atoms with E-state index in [-0.39, 0.29) is 5.97 Å². The summed E-state index contributed by atoms with van der Waals surface area (Å²) < 4.78 is 4.61. The molecule has 94 valence electrons. The molecule has 0 heterocycles. The molecule has 0 amide bonds. The number of carbonyl (C=O) groups excluding carboxylic acids is 1. The molecule has 3 unspecified atom stereocenters. The maximum absolute atomic E-state index is 10.9. The molecule has 0 bridgehead atoms. The van der Waals surface area contributed by atoms with Crippen molar-refractivity contribution in [3.63, 3.8) is 0 Å². The Balaban J connectivity index is 2.12. The number of rotatable bonds is 6. The van der Waals surface area contributed by atoms with Crippen molar-refractivity contribution in [2.75, 3.05) is 13.7 Å². The maximum Gasteiger partial charge on any atom is 0.305 e. The number of esters is 1. The molecule has 1 saturated carbocycles. The molecule has 3 heteroatoms.